The van der Waals surface area contributed by atoms with Crippen LogP contribution in [0.3, 0.4) is 0 Å². The Labute approximate surface area is 115 Å². The van der Waals surface area contributed by atoms with E-state index in [0.717, 1.165) is 24.4 Å². The third-order valence-corrected chi connectivity index (χ3v) is 4.37. The predicted molar refractivity (Wildman–Crippen MR) is 69.9 cm³/mol. The van der Waals surface area contributed by atoms with Crippen LogP contribution in [0, 0.1) is 11.3 Å². The van der Waals surface area contributed by atoms with Crippen molar-refractivity contribution in [2.45, 2.75) is 32.6 Å². The fourth-order valence-corrected chi connectivity index (χ4v) is 2.82. The highest BCUT2D eigenvalue weighted by Crippen LogP contribution is 2.38. The van der Waals surface area contributed by atoms with Crippen molar-refractivity contribution in [1.82, 2.24) is 14.9 Å². The van der Waals surface area contributed by atoms with Crippen LogP contribution in [0.4, 0.5) is 0 Å². The smallest absolute Gasteiger partial charge is 0.311 e. The lowest BCUT2D eigenvalue weighted by Gasteiger charge is -2.35. The molecule has 1 fully saturated rings. The molecule has 1 amide bonds. The van der Waals surface area contributed by atoms with Gasteiger partial charge in [0.15, 0.2) is 5.69 Å². The maximum absolute atomic E-state index is 11.8. The van der Waals surface area contributed by atoms with Gasteiger partial charge in [-0.25, -0.2) is 0 Å². The van der Waals surface area contributed by atoms with Crippen molar-refractivity contribution in [3.8, 4) is 0 Å². The Kier molecular flexibility index (Phi) is 4.14. The minimum atomic E-state index is -0.828. The standard InChI is InChI=1S/C12H17N3O3S/c1-8-2-4-12(5-3-8,11(17)18)7-13-10(16)9-6-19-15-14-9/h6,8H,2-5,7H2,1H3,(H,13,16)(H,17,18). The molecule has 2 rings (SSSR count). The van der Waals surface area contributed by atoms with E-state index in [0.29, 0.717) is 18.8 Å². The molecule has 2 N–H and O–H groups in total. The number of carbonyl (C=O) groups is 2. The first kappa shape index (κ1) is 13.9. The zero-order valence-electron chi connectivity index (χ0n) is 10.8. The van der Waals surface area contributed by atoms with Gasteiger partial charge in [0.25, 0.3) is 5.91 Å². The van der Waals surface area contributed by atoms with Crippen molar-refractivity contribution >= 4 is 23.4 Å². The minimum Gasteiger partial charge on any atom is -0.481 e. The van der Waals surface area contributed by atoms with Gasteiger partial charge in [0.2, 0.25) is 0 Å². The minimum absolute atomic E-state index is 0.158. The molecule has 0 unspecified atom stereocenters. The summed E-state index contributed by atoms with van der Waals surface area (Å²) in [6.07, 6.45) is 3.00. The molecule has 1 aliphatic carbocycles. The number of hydrogen-bond donors (Lipinski definition) is 2. The van der Waals surface area contributed by atoms with Gasteiger partial charge < -0.3 is 10.4 Å². The van der Waals surface area contributed by atoms with Crippen LogP contribution < -0.4 is 5.32 Å². The van der Waals surface area contributed by atoms with Gasteiger partial charge in [-0.2, -0.15) is 0 Å². The second kappa shape index (κ2) is 5.64. The number of amides is 1. The number of aliphatic carboxylic acids is 1. The van der Waals surface area contributed by atoms with Crippen LogP contribution in [0.1, 0.15) is 43.1 Å². The Morgan fingerprint density at radius 1 is 1.53 bits per heavy atom. The van der Waals surface area contributed by atoms with Gasteiger partial charge in [-0.05, 0) is 43.1 Å². The average molecular weight is 283 g/mol. The van der Waals surface area contributed by atoms with E-state index in [1.807, 2.05) is 0 Å². The van der Waals surface area contributed by atoms with E-state index in [1.165, 1.54) is 0 Å². The summed E-state index contributed by atoms with van der Waals surface area (Å²) < 4.78 is 3.61. The molecule has 1 saturated carbocycles. The zero-order valence-corrected chi connectivity index (χ0v) is 11.6. The Morgan fingerprint density at radius 2 is 2.21 bits per heavy atom. The number of carbonyl (C=O) groups excluding carboxylic acids is 1. The summed E-state index contributed by atoms with van der Waals surface area (Å²) in [6.45, 7) is 2.29. The van der Waals surface area contributed by atoms with Gasteiger partial charge in [-0.15, -0.1) is 5.10 Å². The van der Waals surface area contributed by atoms with Gasteiger partial charge in [0.05, 0.1) is 5.41 Å². The molecule has 6 nitrogen and oxygen atoms in total. The molecule has 0 atom stereocenters. The van der Waals surface area contributed by atoms with Gasteiger partial charge in [0.1, 0.15) is 0 Å². The molecular formula is C12H17N3O3S. The molecule has 1 heterocycles. The first-order chi connectivity index (χ1) is 9.03. The first-order valence-corrected chi connectivity index (χ1v) is 7.16. The lowest BCUT2D eigenvalue weighted by atomic mass is 9.71. The molecule has 1 aromatic rings. The van der Waals surface area contributed by atoms with Crippen LogP contribution in [0.25, 0.3) is 0 Å². The van der Waals surface area contributed by atoms with E-state index < -0.39 is 11.4 Å². The number of aromatic nitrogens is 2. The van der Waals surface area contributed by atoms with Gasteiger partial charge in [0, 0.05) is 11.9 Å². The molecule has 0 saturated heterocycles. The number of nitrogens with zero attached hydrogens (tertiary/aromatic N) is 2. The summed E-state index contributed by atoms with van der Waals surface area (Å²) in [5, 5.41) is 17.3. The van der Waals surface area contributed by atoms with Crippen molar-refractivity contribution in [3.63, 3.8) is 0 Å². The van der Waals surface area contributed by atoms with Crippen LogP contribution >= 0.6 is 11.5 Å². The number of carboxylic acids is 1. The largest absolute Gasteiger partial charge is 0.481 e. The molecule has 1 aliphatic rings. The Balaban J connectivity index is 1.98. The van der Waals surface area contributed by atoms with Crippen LogP contribution in [0.5, 0.6) is 0 Å². The Morgan fingerprint density at radius 3 is 2.74 bits per heavy atom. The van der Waals surface area contributed by atoms with Crippen molar-refractivity contribution < 1.29 is 14.7 Å². The second-order valence-electron chi connectivity index (χ2n) is 5.24. The summed E-state index contributed by atoms with van der Waals surface area (Å²) in [4.78, 5) is 23.3. The summed E-state index contributed by atoms with van der Waals surface area (Å²) in [7, 11) is 0. The van der Waals surface area contributed by atoms with Crippen molar-refractivity contribution in [1.29, 1.82) is 0 Å². The molecule has 1 aromatic heterocycles. The highest BCUT2D eigenvalue weighted by molar-refractivity contribution is 7.03. The fraction of sp³-hybridized carbons (Fsp3) is 0.667. The SMILES string of the molecule is CC1CCC(CNC(=O)c2csnn2)(C(=O)O)CC1. The molecular weight excluding hydrogens is 266 g/mol. The highest BCUT2D eigenvalue weighted by atomic mass is 32.1. The van der Waals surface area contributed by atoms with E-state index >= 15 is 0 Å². The Hall–Kier alpha value is -1.50. The summed E-state index contributed by atoms with van der Waals surface area (Å²) >= 11 is 1.10. The quantitative estimate of drug-likeness (QED) is 0.874. The molecule has 0 bridgehead atoms. The summed E-state index contributed by atoms with van der Waals surface area (Å²) in [6, 6.07) is 0. The van der Waals surface area contributed by atoms with E-state index in [2.05, 4.69) is 21.8 Å². The van der Waals surface area contributed by atoms with E-state index in [-0.39, 0.29) is 18.1 Å². The van der Waals surface area contributed by atoms with Crippen molar-refractivity contribution in [3.05, 3.63) is 11.1 Å². The maximum atomic E-state index is 11.8. The molecule has 7 heteroatoms. The van der Waals surface area contributed by atoms with Crippen molar-refractivity contribution in [2.24, 2.45) is 11.3 Å². The lowest BCUT2D eigenvalue weighted by Crippen LogP contribution is -2.45. The molecule has 0 spiro atoms. The number of rotatable bonds is 4. The number of carboxylic acid groups (broad SMARTS) is 1. The maximum Gasteiger partial charge on any atom is 0.311 e. The van der Waals surface area contributed by atoms with Crippen LogP contribution in [-0.4, -0.2) is 33.1 Å². The Bertz CT molecular complexity index is 453. The topological polar surface area (TPSA) is 92.2 Å². The van der Waals surface area contributed by atoms with E-state index in [4.69, 9.17) is 0 Å². The number of hydrogen-bond acceptors (Lipinski definition) is 5. The van der Waals surface area contributed by atoms with Crippen LogP contribution in [0.2, 0.25) is 0 Å². The normalized spacial score (nSPS) is 26.9. The van der Waals surface area contributed by atoms with Crippen molar-refractivity contribution in [2.75, 3.05) is 6.54 Å². The fourth-order valence-electron chi connectivity index (χ4n) is 2.38. The average Bonchev–Trinajstić information content (AvgIpc) is 2.92. The molecule has 0 aliphatic heterocycles. The monoisotopic (exact) mass is 283 g/mol. The second-order valence-corrected chi connectivity index (χ2v) is 5.85. The molecule has 0 aromatic carbocycles. The van der Waals surface area contributed by atoms with Gasteiger partial charge in [-0.3, -0.25) is 9.59 Å². The lowest BCUT2D eigenvalue weighted by molar-refractivity contribution is -0.151. The summed E-state index contributed by atoms with van der Waals surface area (Å²) in [5.41, 5.74) is -0.583. The zero-order chi connectivity index (χ0) is 13.9. The predicted octanol–water partition coefficient (Wildman–Crippen LogP) is 1.55. The number of nitrogens with one attached hydrogen (secondary N) is 1. The highest BCUT2D eigenvalue weighted by Gasteiger charge is 2.41. The van der Waals surface area contributed by atoms with Crippen LogP contribution in [0.15, 0.2) is 5.38 Å². The third kappa shape index (κ3) is 3.09. The van der Waals surface area contributed by atoms with Gasteiger partial charge in [-0.1, -0.05) is 11.4 Å². The van der Waals surface area contributed by atoms with Crippen LogP contribution in [-0.2, 0) is 4.79 Å². The van der Waals surface area contributed by atoms with E-state index in [9.17, 15) is 14.7 Å². The third-order valence-electron chi connectivity index (χ3n) is 3.87. The van der Waals surface area contributed by atoms with E-state index in [1.54, 1.807) is 5.38 Å². The first-order valence-electron chi connectivity index (χ1n) is 6.32. The summed E-state index contributed by atoms with van der Waals surface area (Å²) in [5.74, 6) is -0.616. The molecule has 19 heavy (non-hydrogen) atoms. The molecule has 104 valence electrons. The van der Waals surface area contributed by atoms with Gasteiger partial charge >= 0.3 is 5.97 Å². The molecule has 0 radical (unpaired) electrons.